The van der Waals surface area contributed by atoms with E-state index in [1.807, 2.05) is 0 Å². The van der Waals surface area contributed by atoms with E-state index in [4.69, 9.17) is 19.0 Å². The van der Waals surface area contributed by atoms with Gasteiger partial charge in [0.05, 0.1) is 25.5 Å². The van der Waals surface area contributed by atoms with Crippen molar-refractivity contribution in [2.24, 2.45) is 0 Å². The Labute approximate surface area is 199 Å². The molecule has 35 heavy (non-hydrogen) atoms. The van der Waals surface area contributed by atoms with Crippen LogP contribution in [0.5, 0.6) is 11.5 Å². The van der Waals surface area contributed by atoms with Crippen LogP contribution in [0.3, 0.4) is 0 Å². The second-order valence-electron chi connectivity index (χ2n) is 7.49. The molecule has 1 aliphatic heterocycles. The van der Waals surface area contributed by atoms with Gasteiger partial charge in [-0.25, -0.2) is 9.59 Å². The van der Waals surface area contributed by atoms with Gasteiger partial charge < -0.3 is 19.0 Å². The van der Waals surface area contributed by atoms with Crippen molar-refractivity contribution in [3.8, 4) is 11.5 Å². The van der Waals surface area contributed by atoms with Crippen LogP contribution in [0, 0.1) is 0 Å². The molecule has 178 valence electrons. The third kappa shape index (κ3) is 5.22. The summed E-state index contributed by atoms with van der Waals surface area (Å²) in [5, 5.41) is 11.3. The Hall–Kier alpha value is -4.86. The van der Waals surface area contributed by atoms with E-state index in [0.717, 1.165) is 4.90 Å². The number of nitrogens with one attached hydrogen (secondary N) is 1. The second kappa shape index (κ2) is 9.96. The molecule has 10 nitrogen and oxygen atoms in total. The van der Waals surface area contributed by atoms with Gasteiger partial charge in [-0.2, -0.15) is 0 Å². The van der Waals surface area contributed by atoms with Gasteiger partial charge in [0.2, 0.25) is 0 Å². The molecule has 1 fully saturated rings. The summed E-state index contributed by atoms with van der Waals surface area (Å²) in [6, 6.07) is 13.6. The number of hydrogen-bond acceptors (Lipinski definition) is 7. The summed E-state index contributed by atoms with van der Waals surface area (Å²) >= 11 is 0. The topological polar surface area (TPSA) is 135 Å². The number of methoxy groups -OCH3 is 1. The van der Waals surface area contributed by atoms with Crippen LogP contribution >= 0.6 is 0 Å². The lowest BCUT2D eigenvalue weighted by atomic mass is 10.1. The Morgan fingerprint density at radius 3 is 2.63 bits per heavy atom. The first-order valence-corrected chi connectivity index (χ1v) is 10.4. The molecule has 0 saturated carbocycles. The van der Waals surface area contributed by atoms with Gasteiger partial charge >= 0.3 is 12.0 Å². The summed E-state index contributed by atoms with van der Waals surface area (Å²) in [5.74, 6) is -1.50. The van der Waals surface area contributed by atoms with Crippen molar-refractivity contribution in [1.82, 2.24) is 10.2 Å². The monoisotopic (exact) mass is 476 g/mol. The number of rotatable bonds is 8. The van der Waals surface area contributed by atoms with E-state index in [1.165, 1.54) is 31.6 Å². The van der Waals surface area contributed by atoms with Crippen LogP contribution in [0.2, 0.25) is 0 Å². The lowest BCUT2D eigenvalue weighted by Gasteiger charge is -2.25. The molecule has 0 aliphatic carbocycles. The number of carboxylic acid groups (broad SMARTS) is 1. The van der Waals surface area contributed by atoms with E-state index < -0.39 is 23.8 Å². The molecule has 2 aromatic carbocycles. The van der Waals surface area contributed by atoms with Gasteiger partial charge in [-0.3, -0.25) is 19.8 Å². The fourth-order valence-corrected chi connectivity index (χ4v) is 3.41. The molecule has 2 N–H and O–H groups in total. The lowest BCUT2D eigenvalue weighted by Crippen LogP contribution is -2.53. The molecule has 0 unspecified atom stereocenters. The average Bonchev–Trinajstić information content (AvgIpc) is 3.37. The zero-order valence-corrected chi connectivity index (χ0v) is 18.5. The number of aromatic carboxylic acids is 1. The maximum absolute atomic E-state index is 12.9. The molecule has 0 atom stereocenters. The van der Waals surface area contributed by atoms with Crippen molar-refractivity contribution in [3.05, 3.63) is 88.9 Å². The number of hydrogen-bond donors (Lipinski definition) is 2. The van der Waals surface area contributed by atoms with E-state index in [-0.39, 0.29) is 24.3 Å². The summed E-state index contributed by atoms with van der Waals surface area (Å²) in [4.78, 5) is 49.4. The molecule has 3 aromatic rings. The minimum absolute atomic E-state index is 0.0999. The van der Waals surface area contributed by atoms with Gasteiger partial charge in [0.1, 0.15) is 17.9 Å². The number of imide groups is 2. The number of carbonyl (C=O) groups excluding carboxylic acids is 3. The first kappa shape index (κ1) is 23.3. The molecular formula is C25H20N2O8. The van der Waals surface area contributed by atoms with Crippen molar-refractivity contribution < 1.29 is 38.2 Å². The molecule has 4 amide bonds. The molecule has 0 bridgehead atoms. The highest BCUT2D eigenvalue weighted by Gasteiger charge is 2.36. The average molecular weight is 476 g/mol. The predicted octanol–water partition coefficient (Wildman–Crippen LogP) is 3.23. The van der Waals surface area contributed by atoms with Crippen LogP contribution in [0.1, 0.15) is 27.2 Å². The van der Waals surface area contributed by atoms with Gasteiger partial charge in [0, 0.05) is 0 Å². The van der Waals surface area contributed by atoms with Crippen molar-refractivity contribution in [2.75, 3.05) is 7.11 Å². The van der Waals surface area contributed by atoms with Crippen LogP contribution in [0.15, 0.2) is 70.9 Å². The molecule has 10 heteroatoms. The third-order valence-electron chi connectivity index (χ3n) is 5.15. The quantitative estimate of drug-likeness (QED) is 0.374. The van der Waals surface area contributed by atoms with Gasteiger partial charge in [-0.15, -0.1) is 0 Å². The zero-order valence-electron chi connectivity index (χ0n) is 18.5. The van der Waals surface area contributed by atoms with E-state index in [0.29, 0.717) is 28.4 Å². The highest BCUT2D eigenvalue weighted by molar-refractivity contribution is 6.30. The Morgan fingerprint density at radius 1 is 1.09 bits per heavy atom. The standard InChI is InChI=1S/C25H20N2O8/c1-33-21-12-15(7-8-20(21)35-14-16-4-2-5-17(10-16)24(30)31)11-19-22(28)26-25(32)27(23(19)29)13-18-6-3-9-34-18/h2-12H,13-14H2,1H3,(H,30,31)(H,26,28,32)/b19-11+. The molecule has 1 saturated heterocycles. The number of amides is 4. The normalized spacial score (nSPS) is 14.7. The van der Waals surface area contributed by atoms with Crippen LogP contribution in [0.4, 0.5) is 4.79 Å². The first-order valence-electron chi connectivity index (χ1n) is 10.4. The van der Waals surface area contributed by atoms with E-state index in [9.17, 15) is 19.2 Å². The summed E-state index contributed by atoms with van der Waals surface area (Å²) in [6.45, 7) is -0.0237. The molecule has 2 heterocycles. The summed E-state index contributed by atoms with van der Waals surface area (Å²) < 4.78 is 16.3. The number of ether oxygens (including phenoxy) is 2. The lowest BCUT2D eigenvalue weighted by molar-refractivity contribution is -0.130. The number of furan rings is 1. The smallest absolute Gasteiger partial charge is 0.335 e. The van der Waals surface area contributed by atoms with Gasteiger partial charge in [0.15, 0.2) is 11.5 Å². The highest BCUT2D eigenvalue weighted by Crippen LogP contribution is 2.30. The largest absolute Gasteiger partial charge is 0.493 e. The van der Waals surface area contributed by atoms with Crippen molar-refractivity contribution in [1.29, 1.82) is 0 Å². The van der Waals surface area contributed by atoms with Gasteiger partial charge in [-0.1, -0.05) is 18.2 Å². The minimum Gasteiger partial charge on any atom is -0.493 e. The molecular weight excluding hydrogens is 456 g/mol. The van der Waals surface area contributed by atoms with E-state index in [1.54, 1.807) is 42.5 Å². The number of nitrogens with zero attached hydrogens (tertiary/aromatic N) is 1. The summed E-state index contributed by atoms with van der Waals surface area (Å²) in [6.07, 6.45) is 2.77. The Balaban J connectivity index is 1.53. The van der Waals surface area contributed by atoms with Crippen molar-refractivity contribution in [2.45, 2.75) is 13.2 Å². The van der Waals surface area contributed by atoms with E-state index >= 15 is 0 Å². The Kier molecular flexibility index (Phi) is 6.63. The molecule has 1 aliphatic rings. The van der Waals surface area contributed by atoms with E-state index in [2.05, 4.69) is 5.32 Å². The number of urea groups is 1. The van der Waals surface area contributed by atoms with Gasteiger partial charge in [-0.05, 0) is 53.6 Å². The predicted molar refractivity (Wildman–Crippen MR) is 122 cm³/mol. The van der Waals surface area contributed by atoms with Crippen LogP contribution in [-0.4, -0.2) is 40.9 Å². The van der Waals surface area contributed by atoms with Crippen LogP contribution in [-0.2, 0) is 22.7 Å². The Bertz CT molecular complexity index is 1330. The van der Waals surface area contributed by atoms with Crippen LogP contribution in [0.25, 0.3) is 6.08 Å². The highest BCUT2D eigenvalue weighted by atomic mass is 16.5. The number of barbiturate groups is 1. The molecule has 0 radical (unpaired) electrons. The third-order valence-corrected chi connectivity index (χ3v) is 5.15. The maximum atomic E-state index is 12.9. The Morgan fingerprint density at radius 2 is 1.91 bits per heavy atom. The molecule has 0 spiro atoms. The zero-order chi connectivity index (χ0) is 24.9. The SMILES string of the molecule is COc1cc(/C=C2\C(=O)NC(=O)N(Cc3ccco3)C2=O)ccc1OCc1cccc(C(=O)O)c1. The number of carboxylic acids is 1. The van der Waals surface area contributed by atoms with Crippen molar-refractivity contribution >= 4 is 29.9 Å². The molecule has 1 aromatic heterocycles. The fraction of sp³-hybridized carbons (Fsp3) is 0.120. The summed E-state index contributed by atoms with van der Waals surface area (Å²) in [7, 11) is 1.44. The van der Waals surface area contributed by atoms with Crippen molar-refractivity contribution in [3.63, 3.8) is 0 Å². The number of carbonyl (C=O) groups is 4. The minimum atomic E-state index is -1.03. The van der Waals surface area contributed by atoms with Gasteiger partial charge in [0.25, 0.3) is 11.8 Å². The second-order valence-corrected chi connectivity index (χ2v) is 7.49. The summed E-state index contributed by atoms with van der Waals surface area (Å²) in [5.41, 5.74) is 1.05. The first-order chi connectivity index (χ1) is 16.9. The fourth-order valence-electron chi connectivity index (χ4n) is 3.41. The maximum Gasteiger partial charge on any atom is 0.335 e. The molecule has 4 rings (SSSR count). The van der Waals surface area contributed by atoms with Crippen LogP contribution < -0.4 is 14.8 Å². The number of benzene rings is 2.